The summed E-state index contributed by atoms with van der Waals surface area (Å²) in [5, 5.41) is 3.55. The van der Waals surface area contributed by atoms with Gasteiger partial charge in [-0.15, -0.1) is 0 Å². The zero-order chi connectivity index (χ0) is 12.8. The van der Waals surface area contributed by atoms with E-state index in [1.54, 1.807) is 0 Å². The smallest absolute Gasteiger partial charge is 0.0221 e. The summed E-state index contributed by atoms with van der Waals surface area (Å²) in [6.45, 7) is 6.59. The Morgan fingerprint density at radius 2 is 2.06 bits per heavy atom. The summed E-state index contributed by atoms with van der Waals surface area (Å²) in [4.78, 5) is 2.32. The van der Waals surface area contributed by atoms with Gasteiger partial charge in [0.05, 0.1) is 0 Å². The second-order valence-electron chi connectivity index (χ2n) is 5.56. The molecule has 0 saturated heterocycles. The van der Waals surface area contributed by atoms with Gasteiger partial charge >= 0.3 is 0 Å². The number of aromatic nitrogens is 1. The molecular weight excluding hydrogens is 210 g/mol. The van der Waals surface area contributed by atoms with Crippen molar-refractivity contribution in [3.05, 3.63) is 24.0 Å². The van der Waals surface area contributed by atoms with Crippen LogP contribution in [0.15, 0.2) is 18.5 Å². The van der Waals surface area contributed by atoms with Crippen LogP contribution in [0.5, 0.6) is 0 Å². The molecule has 0 fully saturated rings. The Morgan fingerprint density at radius 1 is 1.35 bits per heavy atom. The fourth-order valence-corrected chi connectivity index (χ4v) is 2.07. The van der Waals surface area contributed by atoms with Crippen LogP contribution in [0.3, 0.4) is 0 Å². The molecule has 1 aromatic heterocycles. The van der Waals surface area contributed by atoms with Crippen LogP contribution in [0.4, 0.5) is 0 Å². The molecular formula is C14H27N3. The van der Waals surface area contributed by atoms with E-state index < -0.39 is 0 Å². The number of hydrogen-bond acceptors (Lipinski definition) is 2. The van der Waals surface area contributed by atoms with Crippen molar-refractivity contribution in [2.45, 2.75) is 32.9 Å². The van der Waals surface area contributed by atoms with E-state index in [4.69, 9.17) is 0 Å². The number of aryl methyl sites for hydroxylation is 1. The first kappa shape index (κ1) is 14.3. The highest BCUT2D eigenvalue weighted by molar-refractivity contribution is 5.09. The summed E-state index contributed by atoms with van der Waals surface area (Å²) in [5.41, 5.74) is 1.36. The van der Waals surface area contributed by atoms with E-state index >= 15 is 0 Å². The van der Waals surface area contributed by atoms with Gasteiger partial charge in [-0.25, -0.2) is 0 Å². The molecule has 1 heterocycles. The molecule has 0 bridgehead atoms. The van der Waals surface area contributed by atoms with Crippen LogP contribution in [-0.2, 0) is 13.6 Å². The molecule has 0 aliphatic carbocycles. The van der Waals surface area contributed by atoms with E-state index in [1.807, 2.05) is 0 Å². The molecule has 0 amide bonds. The van der Waals surface area contributed by atoms with E-state index in [-0.39, 0.29) is 0 Å². The number of likely N-dealkylation sites (N-methyl/N-ethyl adjacent to an activating group) is 1. The van der Waals surface area contributed by atoms with Crippen molar-refractivity contribution in [1.29, 1.82) is 0 Å². The third-order valence-corrected chi connectivity index (χ3v) is 3.08. The van der Waals surface area contributed by atoms with Crippen molar-refractivity contribution in [2.24, 2.45) is 13.0 Å². The van der Waals surface area contributed by atoms with Gasteiger partial charge in [0.25, 0.3) is 0 Å². The highest BCUT2D eigenvalue weighted by atomic mass is 15.1. The molecule has 1 N–H and O–H groups in total. The Hall–Kier alpha value is -0.800. The molecule has 1 atom stereocenters. The quantitative estimate of drug-likeness (QED) is 0.783. The van der Waals surface area contributed by atoms with Crippen molar-refractivity contribution in [2.75, 3.05) is 20.6 Å². The van der Waals surface area contributed by atoms with Crippen molar-refractivity contribution >= 4 is 0 Å². The topological polar surface area (TPSA) is 20.2 Å². The summed E-state index contributed by atoms with van der Waals surface area (Å²) >= 11 is 0. The Kier molecular flexibility index (Phi) is 5.72. The van der Waals surface area contributed by atoms with Crippen LogP contribution >= 0.6 is 0 Å². The molecule has 0 aliphatic rings. The maximum absolute atomic E-state index is 3.55. The lowest BCUT2D eigenvalue weighted by atomic mass is 10.0. The largest absolute Gasteiger partial charge is 0.357 e. The van der Waals surface area contributed by atoms with E-state index in [0.29, 0.717) is 6.04 Å². The summed E-state index contributed by atoms with van der Waals surface area (Å²) in [6, 6.07) is 2.79. The van der Waals surface area contributed by atoms with Gasteiger partial charge in [-0.1, -0.05) is 13.8 Å². The minimum atomic E-state index is 0.624. The summed E-state index contributed by atoms with van der Waals surface area (Å²) in [7, 11) is 6.39. The highest BCUT2D eigenvalue weighted by Gasteiger charge is 2.12. The summed E-state index contributed by atoms with van der Waals surface area (Å²) in [5.74, 6) is 0.751. The molecule has 0 aliphatic heterocycles. The van der Waals surface area contributed by atoms with Gasteiger partial charge in [0.2, 0.25) is 0 Å². The van der Waals surface area contributed by atoms with Crippen molar-refractivity contribution in [1.82, 2.24) is 14.8 Å². The minimum absolute atomic E-state index is 0.624. The van der Waals surface area contributed by atoms with Crippen molar-refractivity contribution < 1.29 is 0 Å². The van der Waals surface area contributed by atoms with E-state index in [0.717, 1.165) is 19.0 Å². The van der Waals surface area contributed by atoms with Crippen molar-refractivity contribution in [3.8, 4) is 0 Å². The first-order valence-corrected chi connectivity index (χ1v) is 6.47. The van der Waals surface area contributed by atoms with Gasteiger partial charge < -0.3 is 14.8 Å². The number of nitrogens with one attached hydrogen (secondary N) is 1. The van der Waals surface area contributed by atoms with Crippen LogP contribution in [0.1, 0.15) is 25.8 Å². The molecule has 1 aromatic rings. The van der Waals surface area contributed by atoms with E-state index in [1.165, 1.54) is 12.0 Å². The Labute approximate surface area is 106 Å². The van der Waals surface area contributed by atoms with Crippen molar-refractivity contribution in [3.63, 3.8) is 0 Å². The zero-order valence-electron chi connectivity index (χ0n) is 11.9. The van der Waals surface area contributed by atoms with E-state index in [2.05, 4.69) is 68.2 Å². The first-order chi connectivity index (χ1) is 7.99. The van der Waals surface area contributed by atoms with Gasteiger partial charge in [0.1, 0.15) is 0 Å². The SMILES string of the molecule is CC(C)CC(CNCc1ccn(C)c1)N(C)C. The maximum atomic E-state index is 3.55. The Morgan fingerprint density at radius 3 is 2.53 bits per heavy atom. The number of hydrogen-bond donors (Lipinski definition) is 1. The summed E-state index contributed by atoms with van der Waals surface area (Å²) in [6.07, 6.45) is 5.50. The first-order valence-electron chi connectivity index (χ1n) is 6.47. The van der Waals surface area contributed by atoms with Crippen LogP contribution in [0.25, 0.3) is 0 Å². The zero-order valence-corrected chi connectivity index (χ0v) is 11.9. The fourth-order valence-electron chi connectivity index (χ4n) is 2.07. The number of rotatable bonds is 7. The normalized spacial score (nSPS) is 13.6. The standard InChI is InChI=1S/C14H27N3/c1-12(2)8-14(16(3)4)10-15-9-13-6-7-17(5)11-13/h6-7,11-12,14-15H,8-10H2,1-5H3. The molecule has 3 nitrogen and oxygen atoms in total. The van der Waals surface area contributed by atoms with Crippen LogP contribution in [0.2, 0.25) is 0 Å². The highest BCUT2D eigenvalue weighted by Crippen LogP contribution is 2.08. The second kappa shape index (κ2) is 6.82. The molecule has 0 aromatic carbocycles. The molecule has 0 saturated carbocycles. The molecule has 1 unspecified atom stereocenters. The lowest BCUT2D eigenvalue weighted by Crippen LogP contribution is -2.38. The maximum Gasteiger partial charge on any atom is 0.0221 e. The van der Waals surface area contributed by atoms with Crippen LogP contribution in [0, 0.1) is 5.92 Å². The van der Waals surface area contributed by atoms with Crippen LogP contribution in [-0.4, -0.2) is 36.1 Å². The molecule has 17 heavy (non-hydrogen) atoms. The monoisotopic (exact) mass is 237 g/mol. The minimum Gasteiger partial charge on any atom is -0.357 e. The predicted molar refractivity (Wildman–Crippen MR) is 74.0 cm³/mol. The molecule has 0 spiro atoms. The fraction of sp³-hybridized carbons (Fsp3) is 0.714. The second-order valence-corrected chi connectivity index (χ2v) is 5.56. The molecule has 0 radical (unpaired) electrons. The third kappa shape index (κ3) is 5.37. The van der Waals surface area contributed by atoms with E-state index in [9.17, 15) is 0 Å². The molecule has 98 valence electrons. The molecule has 1 rings (SSSR count). The number of nitrogens with zero attached hydrogens (tertiary/aromatic N) is 2. The third-order valence-electron chi connectivity index (χ3n) is 3.08. The van der Waals surface area contributed by atoms with Gasteiger partial charge in [0, 0.05) is 38.6 Å². The lowest BCUT2D eigenvalue weighted by Gasteiger charge is -2.26. The Balaban J connectivity index is 2.31. The average molecular weight is 237 g/mol. The predicted octanol–water partition coefficient (Wildman–Crippen LogP) is 2.09. The van der Waals surface area contributed by atoms with Gasteiger partial charge in [-0.2, -0.15) is 0 Å². The Bertz CT molecular complexity index is 315. The summed E-state index contributed by atoms with van der Waals surface area (Å²) < 4.78 is 2.09. The lowest BCUT2D eigenvalue weighted by molar-refractivity contribution is 0.246. The van der Waals surface area contributed by atoms with Gasteiger partial charge in [-0.3, -0.25) is 0 Å². The van der Waals surface area contributed by atoms with Gasteiger partial charge in [0.15, 0.2) is 0 Å². The van der Waals surface area contributed by atoms with Gasteiger partial charge in [-0.05, 0) is 38.1 Å². The van der Waals surface area contributed by atoms with Crippen LogP contribution < -0.4 is 5.32 Å². The molecule has 3 heteroatoms. The average Bonchev–Trinajstić information content (AvgIpc) is 2.62.